The molecule has 0 saturated heterocycles. The summed E-state index contributed by atoms with van der Waals surface area (Å²) < 4.78 is 24.7. The summed E-state index contributed by atoms with van der Waals surface area (Å²) in [6.07, 6.45) is 0. The van der Waals surface area contributed by atoms with Gasteiger partial charge in [-0.15, -0.1) is 0 Å². The van der Waals surface area contributed by atoms with Crippen molar-refractivity contribution in [1.29, 1.82) is 0 Å². The van der Waals surface area contributed by atoms with E-state index in [0.29, 0.717) is 36.1 Å². The molecule has 2 rings (SSSR count). The predicted octanol–water partition coefficient (Wildman–Crippen LogP) is 2.77. The van der Waals surface area contributed by atoms with Crippen molar-refractivity contribution in [2.45, 2.75) is 13.8 Å². The molecular weight excluding hydrogens is 353 g/mol. The molecule has 2 aromatic rings. The summed E-state index contributed by atoms with van der Waals surface area (Å²) in [4.78, 5) is 23.1. The molecule has 7 nitrogen and oxygen atoms in total. The molecule has 27 heavy (non-hydrogen) atoms. The Morgan fingerprint density at radius 3 is 2.30 bits per heavy atom. The molecule has 2 aromatic carbocycles. The predicted molar refractivity (Wildman–Crippen MR) is 101 cm³/mol. The van der Waals surface area contributed by atoms with Gasteiger partial charge in [0.15, 0.2) is 11.5 Å². The van der Waals surface area contributed by atoms with Crippen molar-refractivity contribution in [3.63, 3.8) is 0 Å². The van der Waals surface area contributed by atoms with Crippen LogP contribution in [0.25, 0.3) is 0 Å². The number of ether oxygens (including phenoxy) is 2. The van der Waals surface area contributed by atoms with Crippen molar-refractivity contribution < 1.29 is 23.5 Å². The average Bonchev–Trinajstić information content (AvgIpc) is 2.62. The summed E-state index contributed by atoms with van der Waals surface area (Å²) in [5, 5.41) is 5.50. The summed E-state index contributed by atoms with van der Waals surface area (Å²) >= 11 is 0. The minimum Gasteiger partial charge on any atom is -0.490 e. The highest BCUT2D eigenvalue weighted by Gasteiger charge is 2.11. The Hall–Kier alpha value is -3.29. The lowest BCUT2D eigenvalue weighted by atomic mass is 10.2. The number of nitrogens with one attached hydrogen (secondary N) is 2. The first-order chi connectivity index (χ1) is 12.9. The highest BCUT2D eigenvalue weighted by molar-refractivity contribution is 5.95. The quantitative estimate of drug-likeness (QED) is 0.625. The molecule has 0 saturated carbocycles. The van der Waals surface area contributed by atoms with Crippen molar-refractivity contribution >= 4 is 23.2 Å². The summed E-state index contributed by atoms with van der Waals surface area (Å²) in [5.74, 6) is -0.797. The molecule has 8 heteroatoms. The number of hydrogen-bond acceptors (Lipinski definition) is 5. The van der Waals surface area contributed by atoms with E-state index >= 15 is 0 Å². The molecule has 0 aromatic heterocycles. The van der Waals surface area contributed by atoms with Gasteiger partial charge in [-0.1, -0.05) is 0 Å². The number of nitrogens with two attached hydrogens (primary N) is 1. The molecule has 0 aliphatic heterocycles. The van der Waals surface area contributed by atoms with Gasteiger partial charge in [0, 0.05) is 17.4 Å². The second-order valence-corrected chi connectivity index (χ2v) is 5.49. The Morgan fingerprint density at radius 2 is 1.67 bits per heavy atom. The largest absolute Gasteiger partial charge is 0.490 e. The molecule has 0 spiro atoms. The van der Waals surface area contributed by atoms with Crippen LogP contribution in [-0.4, -0.2) is 31.6 Å². The summed E-state index contributed by atoms with van der Waals surface area (Å²) in [5.41, 5.74) is 5.75. The van der Waals surface area contributed by atoms with Crippen LogP contribution in [0.4, 0.5) is 15.8 Å². The second kappa shape index (κ2) is 9.42. The van der Waals surface area contributed by atoms with Crippen LogP contribution in [0.3, 0.4) is 0 Å². The highest BCUT2D eigenvalue weighted by Crippen LogP contribution is 2.30. The number of hydrogen-bond donors (Lipinski definition) is 3. The molecule has 0 unspecified atom stereocenters. The van der Waals surface area contributed by atoms with E-state index < -0.39 is 11.7 Å². The Morgan fingerprint density at radius 1 is 1.00 bits per heavy atom. The van der Waals surface area contributed by atoms with Crippen molar-refractivity contribution in [3.8, 4) is 11.5 Å². The van der Waals surface area contributed by atoms with Crippen molar-refractivity contribution in [2.24, 2.45) is 5.73 Å². The van der Waals surface area contributed by atoms with E-state index in [1.54, 1.807) is 18.2 Å². The number of primary amides is 1. The Bertz CT molecular complexity index is 827. The van der Waals surface area contributed by atoms with E-state index in [9.17, 15) is 14.0 Å². The number of anilines is 2. The smallest absolute Gasteiger partial charge is 0.251 e. The molecule has 0 radical (unpaired) electrons. The molecule has 0 heterocycles. The fraction of sp³-hybridized carbons (Fsp3) is 0.263. The van der Waals surface area contributed by atoms with Crippen LogP contribution in [0.15, 0.2) is 36.4 Å². The number of benzene rings is 2. The molecule has 144 valence electrons. The SMILES string of the molecule is CCOc1ccc(NC(=O)CNc2ccc(C(N)=O)c(F)c2)cc1OCC. The molecule has 0 aliphatic rings. The minimum absolute atomic E-state index is 0.0907. The lowest BCUT2D eigenvalue weighted by Crippen LogP contribution is -2.22. The summed E-state index contributed by atoms with van der Waals surface area (Å²) in [6, 6.07) is 8.94. The lowest BCUT2D eigenvalue weighted by molar-refractivity contribution is -0.114. The average molecular weight is 375 g/mol. The third-order valence-corrected chi connectivity index (χ3v) is 3.51. The van der Waals surface area contributed by atoms with Crippen LogP contribution in [0.2, 0.25) is 0 Å². The van der Waals surface area contributed by atoms with E-state index in [0.717, 1.165) is 6.07 Å². The van der Waals surface area contributed by atoms with Gasteiger partial charge in [0.25, 0.3) is 5.91 Å². The number of amides is 2. The van der Waals surface area contributed by atoms with Gasteiger partial charge in [-0.3, -0.25) is 9.59 Å². The minimum atomic E-state index is -0.850. The highest BCUT2D eigenvalue weighted by atomic mass is 19.1. The molecule has 0 bridgehead atoms. The van der Waals surface area contributed by atoms with Crippen LogP contribution in [0.5, 0.6) is 11.5 Å². The fourth-order valence-corrected chi connectivity index (χ4v) is 2.34. The van der Waals surface area contributed by atoms with Gasteiger partial charge in [0.2, 0.25) is 5.91 Å². The first kappa shape index (κ1) is 20.0. The zero-order chi connectivity index (χ0) is 19.8. The molecule has 0 fully saturated rings. The van der Waals surface area contributed by atoms with Crippen molar-refractivity contribution in [2.75, 3.05) is 30.4 Å². The monoisotopic (exact) mass is 375 g/mol. The third-order valence-electron chi connectivity index (χ3n) is 3.51. The van der Waals surface area contributed by atoms with Crippen molar-refractivity contribution in [3.05, 3.63) is 47.8 Å². The number of halogens is 1. The van der Waals surface area contributed by atoms with E-state index in [4.69, 9.17) is 15.2 Å². The topological polar surface area (TPSA) is 103 Å². The third kappa shape index (κ3) is 5.60. The normalized spacial score (nSPS) is 10.2. The van der Waals surface area contributed by atoms with Gasteiger partial charge < -0.3 is 25.8 Å². The van der Waals surface area contributed by atoms with Crippen LogP contribution in [0.1, 0.15) is 24.2 Å². The Labute approximate surface area is 156 Å². The maximum atomic E-state index is 13.7. The number of rotatable bonds is 9. The molecular formula is C19H22FN3O4. The van der Waals surface area contributed by atoms with E-state index in [2.05, 4.69) is 10.6 Å². The zero-order valence-corrected chi connectivity index (χ0v) is 15.2. The maximum absolute atomic E-state index is 13.7. The fourth-order valence-electron chi connectivity index (χ4n) is 2.34. The van der Waals surface area contributed by atoms with Gasteiger partial charge >= 0.3 is 0 Å². The summed E-state index contributed by atoms with van der Waals surface area (Å²) in [7, 11) is 0. The van der Waals surface area contributed by atoms with Gasteiger partial charge in [0.1, 0.15) is 5.82 Å². The first-order valence-corrected chi connectivity index (χ1v) is 8.47. The molecule has 2 amide bonds. The Kier molecular flexibility index (Phi) is 6.99. The lowest BCUT2D eigenvalue weighted by Gasteiger charge is -2.13. The maximum Gasteiger partial charge on any atom is 0.251 e. The number of carbonyl (C=O) groups is 2. The van der Waals surface area contributed by atoms with Gasteiger partial charge in [0.05, 0.1) is 25.3 Å². The van der Waals surface area contributed by atoms with E-state index in [1.807, 2.05) is 13.8 Å². The summed E-state index contributed by atoms with van der Waals surface area (Å²) in [6.45, 7) is 4.60. The number of carbonyl (C=O) groups excluding carboxylic acids is 2. The van der Waals surface area contributed by atoms with Crippen LogP contribution in [0, 0.1) is 5.82 Å². The molecule has 0 aliphatic carbocycles. The first-order valence-electron chi connectivity index (χ1n) is 8.47. The van der Waals surface area contributed by atoms with E-state index in [1.165, 1.54) is 12.1 Å². The standard InChI is InChI=1S/C19H22FN3O4/c1-3-26-16-8-6-13(10-17(16)27-4-2)23-18(24)11-22-12-5-7-14(19(21)25)15(20)9-12/h5-10,22H,3-4,11H2,1-2H3,(H2,21,25)(H,23,24). The molecule has 4 N–H and O–H groups in total. The van der Waals surface area contributed by atoms with Crippen LogP contribution < -0.4 is 25.8 Å². The van der Waals surface area contributed by atoms with Gasteiger partial charge in [-0.05, 0) is 44.2 Å². The Balaban J connectivity index is 1.98. The van der Waals surface area contributed by atoms with Gasteiger partial charge in [-0.2, -0.15) is 0 Å². The van der Waals surface area contributed by atoms with E-state index in [-0.39, 0.29) is 18.0 Å². The zero-order valence-electron chi connectivity index (χ0n) is 15.2. The molecule has 0 atom stereocenters. The van der Waals surface area contributed by atoms with Crippen LogP contribution in [-0.2, 0) is 4.79 Å². The van der Waals surface area contributed by atoms with Crippen LogP contribution >= 0.6 is 0 Å². The van der Waals surface area contributed by atoms with Crippen molar-refractivity contribution in [1.82, 2.24) is 0 Å². The van der Waals surface area contributed by atoms with Gasteiger partial charge in [-0.25, -0.2) is 4.39 Å². The second-order valence-electron chi connectivity index (χ2n) is 5.49.